The van der Waals surface area contributed by atoms with Crippen LogP contribution in [0.1, 0.15) is 41.3 Å². The van der Waals surface area contributed by atoms with Crippen LogP contribution in [0.25, 0.3) is 0 Å². The molecule has 1 heterocycles. The normalized spacial score (nSPS) is 16.8. The molecule has 6 nitrogen and oxygen atoms in total. The van der Waals surface area contributed by atoms with Gasteiger partial charge >= 0.3 is 0 Å². The average molecular weight is 429 g/mol. The largest absolute Gasteiger partial charge is 0.497 e. The number of benzene rings is 2. The van der Waals surface area contributed by atoms with Crippen molar-refractivity contribution in [3.8, 4) is 5.75 Å². The predicted molar refractivity (Wildman–Crippen MR) is 117 cm³/mol. The van der Waals surface area contributed by atoms with E-state index in [-0.39, 0.29) is 11.9 Å². The molecule has 30 heavy (non-hydrogen) atoms. The van der Waals surface area contributed by atoms with Crippen LogP contribution in [-0.2, 0) is 23.0 Å². The molecular weight excluding hydrogens is 400 g/mol. The molecule has 1 fully saturated rings. The zero-order chi connectivity index (χ0) is 21.5. The quantitative estimate of drug-likeness (QED) is 0.677. The maximum absolute atomic E-state index is 13.5. The van der Waals surface area contributed by atoms with Crippen LogP contribution in [0.2, 0.25) is 0 Å². The van der Waals surface area contributed by atoms with Gasteiger partial charge in [0, 0.05) is 24.7 Å². The summed E-state index contributed by atoms with van der Waals surface area (Å²) in [5, 5.41) is 0. The highest BCUT2D eigenvalue weighted by molar-refractivity contribution is 7.92. The molecule has 1 amide bonds. The van der Waals surface area contributed by atoms with Crippen LogP contribution in [0.4, 0.5) is 5.69 Å². The minimum atomic E-state index is -3.30. The van der Waals surface area contributed by atoms with Gasteiger partial charge in [0.05, 0.1) is 19.1 Å². The zero-order valence-corrected chi connectivity index (χ0v) is 18.5. The Bertz CT molecular complexity index is 1050. The van der Waals surface area contributed by atoms with Gasteiger partial charge in [0.2, 0.25) is 10.0 Å². The van der Waals surface area contributed by atoms with Gasteiger partial charge in [0.15, 0.2) is 0 Å². The van der Waals surface area contributed by atoms with Crippen molar-refractivity contribution in [3.05, 3.63) is 59.2 Å². The molecule has 2 aromatic rings. The van der Waals surface area contributed by atoms with Crippen LogP contribution in [0, 0.1) is 5.92 Å². The molecule has 0 radical (unpaired) electrons. The summed E-state index contributed by atoms with van der Waals surface area (Å²) in [6.45, 7) is 3.09. The van der Waals surface area contributed by atoms with Crippen molar-refractivity contribution in [2.75, 3.05) is 24.2 Å². The molecule has 4 rings (SSSR count). The molecule has 7 heteroatoms. The molecule has 0 saturated heterocycles. The fourth-order valence-corrected chi connectivity index (χ4v) is 5.13. The van der Waals surface area contributed by atoms with E-state index in [9.17, 15) is 13.2 Å². The van der Waals surface area contributed by atoms with Gasteiger partial charge in [-0.05, 0) is 73.6 Å². The molecule has 0 bridgehead atoms. The van der Waals surface area contributed by atoms with E-state index in [1.807, 2.05) is 35.2 Å². The van der Waals surface area contributed by atoms with Crippen molar-refractivity contribution in [2.45, 2.75) is 38.8 Å². The number of ether oxygens (including phenoxy) is 1. The molecule has 1 atom stereocenters. The van der Waals surface area contributed by atoms with Crippen molar-refractivity contribution in [1.82, 2.24) is 4.90 Å². The molecular formula is C23H28N2O4S. The van der Waals surface area contributed by atoms with Gasteiger partial charge in [-0.3, -0.25) is 9.10 Å². The Morgan fingerprint density at radius 1 is 1.20 bits per heavy atom. The van der Waals surface area contributed by atoms with Crippen molar-refractivity contribution < 1.29 is 17.9 Å². The lowest BCUT2D eigenvalue weighted by Crippen LogP contribution is -2.39. The second-order valence-electron chi connectivity index (χ2n) is 8.29. The van der Waals surface area contributed by atoms with E-state index >= 15 is 0 Å². The predicted octanol–water partition coefficient (Wildman–Crippen LogP) is 3.46. The van der Waals surface area contributed by atoms with Gasteiger partial charge in [-0.1, -0.05) is 12.1 Å². The first-order valence-electron chi connectivity index (χ1n) is 10.3. The van der Waals surface area contributed by atoms with Crippen LogP contribution < -0.4 is 9.04 Å². The molecule has 1 saturated carbocycles. The molecule has 0 aromatic heterocycles. The van der Waals surface area contributed by atoms with Crippen molar-refractivity contribution >= 4 is 21.6 Å². The lowest BCUT2D eigenvalue weighted by atomic mass is 10.0. The summed E-state index contributed by atoms with van der Waals surface area (Å²) in [6, 6.07) is 13.3. The van der Waals surface area contributed by atoms with Crippen LogP contribution in [0.3, 0.4) is 0 Å². The van der Waals surface area contributed by atoms with Crippen LogP contribution in [-0.4, -0.2) is 45.2 Å². The first-order chi connectivity index (χ1) is 14.3. The van der Waals surface area contributed by atoms with E-state index in [0.29, 0.717) is 36.7 Å². The lowest BCUT2D eigenvalue weighted by molar-refractivity contribution is 0.0654. The van der Waals surface area contributed by atoms with E-state index in [0.717, 1.165) is 29.7 Å². The van der Waals surface area contributed by atoms with Gasteiger partial charge < -0.3 is 9.64 Å². The lowest BCUT2D eigenvalue weighted by Gasteiger charge is -2.30. The summed E-state index contributed by atoms with van der Waals surface area (Å²) in [5.41, 5.74) is 3.27. The van der Waals surface area contributed by atoms with Crippen LogP contribution in [0.5, 0.6) is 5.75 Å². The summed E-state index contributed by atoms with van der Waals surface area (Å²) in [5.74, 6) is 1.33. The van der Waals surface area contributed by atoms with Crippen LogP contribution >= 0.6 is 0 Å². The molecule has 1 unspecified atom stereocenters. The van der Waals surface area contributed by atoms with Crippen LogP contribution in [0.15, 0.2) is 42.5 Å². The third-order valence-electron chi connectivity index (χ3n) is 6.15. The number of hydrogen-bond donors (Lipinski definition) is 0. The van der Waals surface area contributed by atoms with E-state index in [1.54, 1.807) is 19.2 Å². The standard InChI is InChI=1S/C23H28N2O4S/c1-16(18-6-7-18)24(15-17-4-9-21(29-2)10-5-17)23(26)20-8-11-22-19(14-20)12-13-25(22)30(3,27)28/h4-5,8-11,14,16,18H,6-7,12-13,15H2,1-3H3. The Hall–Kier alpha value is -2.54. The Balaban J connectivity index is 1.60. The Labute approximate surface area is 178 Å². The van der Waals surface area contributed by atoms with Gasteiger partial charge in [-0.2, -0.15) is 0 Å². The van der Waals surface area contributed by atoms with E-state index < -0.39 is 10.0 Å². The van der Waals surface area contributed by atoms with Gasteiger partial charge in [-0.15, -0.1) is 0 Å². The zero-order valence-electron chi connectivity index (χ0n) is 17.7. The number of rotatable bonds is 7. The van der Waals surface area contributed by atoms with E-state index in [1.165, 1.54) is 10.6 Å². The summed E-state index contributed by atoms with van der Waals surface area (Å²) in [6.07, 6.45) is 4.15. The third-order valence-corrected chi connectivity index (χ3v) is 7.33. The fourth-order valence-electron chi connectivity index (χ4n) is 4.18. The molecule has 1 aliphatic heterocycles. The van der Waals surface area contributed by atoms with Gasteiger partial charge in [-0.25, -0.2) is 8.42 Å². The second-order valence-corrected chi connectivity index (χ2v) is 10.2. The maximum atomic E-state index is 13.5. The molecule has 160 valence electrons. The van der Waals surface area contributed by atoms with Gasteiger partial charge in [0.25, 0.3) is 5.91 Å². The number of carbonyl (C=O) groups excluding carboxylic acids is 1. The second kappa shape index (κ2) is 7.95. The summed E-state index contributed by atoms with van der Waals surface area (Å²) in [4.78, 5) is 15.4. The van der Waals surface area contributed by atoms with Crippen molar-refractivity contribution in [2.24, 2.45) is 5.92 Å². The van der Waals surface area contributed by atoms with E-state index in [4.69, 9.17) is 4.74 Å². The number of methoxy groups -OCH3 is 1. The average Bonchev–Trinajstić information content (AvgIpc) is 3.48. The number of sulfonamides is 1. The van der Waals surface area contributed by atoms with Gasteiger partial charge in [0.1, 0.15) is 5.75 Å². The highest BCUT2D eigenvalue weighted by Crippen LogP contribution is 2.37. The number of hydrogen-bond acceptors (Lipinski definition) is 4. The highest BCUT2D eigenvalue weighted by Gasteiger charge is 2.35. The number of fused-ring (bicyclic) bond motifs is 1. The third kappa shape index (κ3) is 4.17. The highest BCUT2D eigenvalue weighted by atomic mass is 32.2. The van der Waals surface area contributed by atoms with E-state index in [2.05, 4.69) is 6.92 Å². The summed E-state index contributed by atoms with van der Waals surface area (Å²) >= 11 is 0. The smallest absolute Gasteiger partial charge is 0.254 e. The molecule has 2 aliphatic rings. The maximum Gasteiger partial charge on any atom is 0.254 e. The summed E-state index contributed by atoms with van der Waals surface area (Å²) in [7, 11) is -1.66. The fraction of sp³-hybridized carbons (Fsp3) is 0.435. The molecule has 0 spiro atoms. The minimum Gasteiger partial charge on any atom is -0.497 e. The number of amides is 1. The first kappa shape index (κ1) is 20.7. The SMILES string of the molecule is COc1ccc(CN(C(=O)c2ccc3c(c2)CCN3S(C)(=O)=O)C(C)C2CC2)cc1. The Morgan fingerprint density at radius 3 is 2.50 bits per heavy atom. The molecule has 1 aliphatic carbocycles. The topological polar surface area (TPSA) is 66.9 Å². The monoisotopic (exact) mass is 428 g/mol. The van der Waals surface area contributed by atoms with Crippen molar-refractivity contribution in [3.63, 3.8) is 0 Å². The van der Waals surface area contributed by atoms with Crippen molar-refractivity contribution in [1.29, 1.82) is 0 Å². The summed E-state index contributed by atoms with van der Waals surface area (Å²) < 4.78 is 30.6. The Morgan fingerprint density at radius 2 is 1.90 bits per heavy atom. The minimum absolute atomic E-state index is 0.00850. The molecule has 0 N–H and O–H groups in total. The number of carbonyl (C=O) groups is 1. The number of nitrogens with zero attached hydrogens (tertiary/aromatic N) is 2. The molecule has 2 aromatic carbocycles. The Kier molecular flexibility index (Phi) is 5.49. The first-order valence-corrected chi connectivity index (χ1v) is 12.2. The number of anilines is 1.